The molecule has 0 aliphatic heterocycles. The van der Waals surface area contributed by atoms with E-state index in [1.54, 1.807) is 76.6 Å². The van der Waals surface area contributed by atoms with Gasteiger partial charge in [-0.25, -0.2) is 19.2 Å². The number of rotatable bonds is 16. The minimum Gasteiger partial charge on any atom is -0.493 e. The Balaban J connectivity index is 1.40. The molecule has 8 N–H and O–H groups in total. The SMILES string of the molecule is COc1cc(C2C(NC(=O)c3ccc(NC(=O)OC(C)(C)C)cc3)(C(N)=O)C(c3ccc(OC(=O)c4cccs4)c(OC)c3)C2(NC(=O)c2ccc(NC(=O)OC(C)(C)C)cc2)C(N)=O)ccc1OC(=O)c1cccs1. The van der Waals surface area contributed by atoms with Crippen molar-refractivity contribution in [1.82, 2.24) is 10.6 Å². The van der Waals surface area contributed by atoms with E-state index in [4.69, 9.17) is 39.9 Å². The first-order valence-electron chi connectivity index (χ1n) is 23.2. The summed E-state index contributed by atoms with van der Waals surface area (Å²) >= 11 is 2.26. The molecule has 1 aliphatic carbocycles. The molecular formula is C54H54N6O14S2. The number of ether oxygens (including phenoxy) is 6. The highest BCUT2D eigenvalue weighted by Crippen LogP contribution is 2.63. The largest absolute Gasteiger partial charge is 0.493 e. The average Bonchev–Trinajstić information content (AvgIpc) is 4.20. The van der Waals surface area contributed by atoms with Crippen LogP contribution in [-0.2, 0) is 19.1 Å². The quantitative estimate of drug-likeness (QED) is 0.0394. The van der Waals surface area contributed by atoms with Gasteiger partial charge in [-0.1, -0.05) is 24.3 Å². The van der Waals surface area contributed by atoms with E-state index in [1.807, 2.05) is 0 Å². The normalized spacial score (nSPS) is 17.8. The third-order valence-corrected chi connectivity index (χ3v) is 13.5. The zero-order chi connectivity index (χ0) is 55.3. The van der Waals surface area contributed by atoms with Crippen molar-refractivity contribution in [2.45, 2.75) is 75.7 Å². The smallest absolute Gasteiger partial charge is 0.412 e. The Kier molecular flexibility index (Phi) is 15.9. The lowest BCUT2D eigenvalue weighted by Gasteiger charge is -2.65. The van der Waals surface area contributed by atoms with E-state index in [0.717, 1.165) is 22.7 Å². The highest BCUT2D eigenvalue weighted by Gasteiger charge is 2.78. The van der Waals surface area contributed by atoms with E-state index in [-0.39, 0.29) is 66.4 Å². The number of anilines is 2. The molecule has 7 rings (SSSR count). The minimum atomic E-state index is -2.45. The first-order valence-corrected chi connectivity index (χ1v) is 25.0. The van der Waals surface area contributed by atoms with Gasteiger partial charge in [-0.2, -0.15) is 0 Å². The fourth-order valence-corrected chi connectivity index (χ4v) is 9.94. The molecule has 0 unspecified atom stereocenters. The Labute approximate surface area is 444 Å². The number of hydrogen-bond acceptors (Lipinski definition) is 16. The Hall–Kier alpha value is -8.76. The first-order chi connectivity index (χ1) is 35.9. The Morgan fingerprint density at radius 1 is 0.500 bits per heavy atom. The molecule has 6 aromatic rings. The predicted octanol–water partition coefficient (Wildman–Crippen LogP) is 8.15. The number of amides is 6. The summed E-state index contributed by atoms with van der Waals surface area (Å²) in [5.41, 5.74) is 6.92. The maximum Gasteiger partial charge on any atom is 0.412 e. The molecule has 20 nitrogen and oxygen atoms in total. The van der Waals surface area contributed by atoms with E-state index < -0.39 is 81.9 Å². The number of nitrogens with two attached hydrogens (primary N) is 2. The number of primary amides is 2. The Bertz CT molecular complexity index is 2960. The third kappa shape index (κ3) is 11.8. The van der Waals surface area contributed by atoms with Crippen LogP contribution in [0.3, 0.4) is 0 Å². The second-order valence-corrected chi connectivity index (χ2v) is 21.1. The van der Waals surface area contributed by atoms with Crippen molar-refractivity contribution < 1.29 is 66.8 Å². The molecule has 76 heavy (non-hydrogen) atoms. The lowest BCUT2D eigenvalue weighted by Crippen LogP contribution is -2.87. The summed E-state index contributed by atoms with van der Waals surface area (Å²) in [5, 5.41) is 14.2. The zero-order valence-corrected chi connectivity index (χ0v) is 44.0. The van der Waals surface area contributed by atoms with E-state index in [1.165, 1.54) is 99.1 Å². The molecule has 2 aromatic heterocycles. The summed E-state index contributed by atoms with van der Waals surface area (Å²) in [5.74, 6) is -9.51. The van der Waals surface area contributed by atoms with E-state index in [0.29, 0.717) is 0 Å². The number of esters is 2. The number of nitrogens with one attached hydrogen (secondary N) is 4. The van der Waals surface area contributed by atoms with Gasteiger partial charge in [0.05, 0.1) is 14.2 Å². The number of methoxy groups -OCH3 is 2. The van der Waals surface area contributed by atoms with Crippen LogP contribution in [0.4, 0.5) is 21.0 Å². The number of hydrogen-bond donors (Lipinski definition) is 6. The molecule has 6 amide bonds. The maximum absolute atomic E-state index is 14.8. The van der Waals surface area contributed by atoms with Crippen LogP contribution < -0.4 is 51.7 Å². The van der Waals surface area contributed by atoms with Gasteiger partial charge in [-0.15, -0.1) is 22.7 Å². The lowest BCUT2D eigenvalue weighted by atomic mass is 9.42. The van der Waals surface area contributed by atoms with Crippen LogP contribution in [0.25, 0.3) is 0 Å². The van der Waals surface area contributed by atoms with E-state index >= 15 is 0 Å². The van der Waals surface area contributed by atoms with Gasteiger partial charge in [0.1, 0.15) is 32.0 Å². The van der Waals surface area contributed by atoms with Gasteiger partial charge in [0.2, 0.25) is 11.8 Å². The van der Waals surface area contributed by atoms with Crippen molar-refractivity contribution >= 4 is 81.8 Å². The average molecular weight is 1080 g/mol. The van der Waals surface area contributed by atoms with E-state index in [9.17, 15) is 38.4 Å². The summed E-state index contributed by atoms with van der Waals surface area (Å²) in [7, 11) is 2.55. The third-order valence-electron chi connectivity index (χ3n) is 11.8. The molecule has 1 aliphatic rings. The summed E-state index contributed by atoms with van der Waals surface area (Å²) in [4.78, 5) is 111. The van der Waals surface area contributed by atoms with Crippen molar-refractivity contribution in [3.05, 3.63) is 152 Å². The van der Waals surface area contributed by atoms with Gasteiger partial charge in [-0.05, 0) is 148 Å². The van der Waals surface area contributed by atoms with Gasteiger partial charge >= 0.3 is 24.1 Å². The maximum atomic E-state index is 14.8. The van der Waals surface area contributed by atoms with Crippen LogP contribution in [0.15, 0.2) is 120 Å². The second-order valence-electron chi connectivity index (χ2n) is 19.2. The van der Waals surface area contributed by atoms with Gasteiger partial charge in [-0.3, -0.25) is 29.8 Å². The number of carbonyl (C=O) groups excluding carboxylic acids is 8. The fourth-order valence-electron chi connectivity index (χ4n) is 8.75. The lowest BCUT2D eigenvalue weighted by molar-refractivity contribution is -0.147. The van der Waals surface area contributed by atoms with Crippen molar-refractivity contribution in [3.8, 4) is 23.0 Å². The van der Waals surface area contributed by atoms with Crippen molar-refractivity contribution in [3.63, 3.8) is 0 Å². The van der Waals surface area contributed by atoms with Crippen LogP contribution in [0.5, 0.6) is 23.0 Å². The summed E-state index contributed by atoms with van der Waals surface area (Å²) in [6.45, 7) is 10.1. The molecule has 0 atom stereocenters. The van der Waals surface area contributed by atoms with Gasteiger partial charge in [0.25, 0.3) is 11.8 Å². The Morgan fingerprint density at radius 2 is 0.855 bits per heavy atom. The van der Waals surface area contributed by atoms with Crippen LogP contribution in [0, 0.1) is 0 Å². The summed E-state index contributed by atoms with van der Waals surface area (Å²) in [6.07, 6.45) is -1.53. The van der Waals surface area contributed by atoms with E-state index in [2.05, 4.69) is 21.3 Å². The molecule has 0 radical (unpaired) electrons. The van der Waals surface area contributed by atoms with Crippen molar-refractivity contribution in [1.29, 1.82) is 0 Å². The predicted molar refractivity (Wildman–Crippen MR) is 281 cm³/mol. The minimum absolute atomic E-state index is 0.0181. The number of benzene rings is 4. The highest BCUT2D eigenvalue weighted by atomic mass is 32.1. The molecule has 1 saturated carbocycles. The van der Waals surface area contributed by atoms with Crippen LogP contribution in [-0.4, -0.2) is 84.3 Å². The molecule has 2 heterocycles. The summed E-state index contributed by atoms with van der Waals surface area (Å²) < 4.78 is 33.5. The summed E-state index contributed by atoms with van der Waals surface area (Å²) in [6, 6.07) is 25.6. The van der Waals surface area contributed by atoms with Gasteiger partial charge in [0, 0.05) is 34.3 Å². The van der Waals surface area contributed by atoms with Crippen molar-refractivity contribution in [2.75, 3.05) is 24.9 Å². The zero-order valence-electron chi connectivity index (χ0n) is 42.4. The Morgan fingerprint density at radius 3 is 1.14 bits per heavy atom. The first kappa shape index (κ1) is 55.0. The second kappa shape index (κ2) is 22.0. The molecule has 396 valence electrons. The molecule has 0 bridgehead atoms. The molecule has 0 saturated heterocycles. The molecule has 1 fully saturated rings. The van der Waals surface area contributed by atoms with Crippen LogP contribution in [0.2, 0.25) is 0 Å². The van der Waals surface area contributed by atoms with Crippen molar-refractivity contribution in [2.24, 2.45) is 11.5 Å². The number of thiophene rings is 2. The molecule has 0 spiro atoms. The monoisotopic (exact) mass is 1070 g/mol. The highest BCUT2D eigenvalue weighted by molar-refractivity contribution is 7.12. The van der Waals surface area contributed by atoms with Gasteiger partial charge in [0.15, 0.2) is 23.0 Å². The van der Waals surface area contributed by atoms with Crippen LogP contribution in [0.1, 0.15) is 105 Å². The molecule has 22 heteroatoms. The standard InChI is InChI=1S/C54H54N6O14S2/c1-51(2,3)73-49(67)57-33-19-13-29(14-20-33)43(61)59-53(47(55)65)41(31-17-23-35(37(27-31)69-7)71-45(63)39-11-9-25-75-39)54(48(56)66,60-44(62)30-15-21-34(22-16-30)58-50(68)74-52(4,5)6)42(53)32-18-24-36(38(28-32)70-8)72-46(64)40-12-10-26-76-40/h9-28,41-42H,1-8H3,(H2,55,65)(H2,56,66)(H,57,67)(H,58,68)(H,59,61)(H,60,62). The molecular weight excluding hydrogens is 1020 g/mol. The molecule has 4 aromatic carbocycles. The fraction of sp³-hybridized carbons (Fsp3) is 0.259. The number of carbonyl (C=O) groups is 8. The topological polar surface area (TPSA) is 292 Å². The van der Waals surface area contributed by atoms with Crippen LogP contribution >= 0.6 is 22.7 Å². The van der Waals surface area contributed by atoms with Gasteiger partial charge < -0.3 is 50.5 Å².